The Morgan fingerprint density at radius 2 is 2.16 bits per heavy atom. The van der Waals surface area contributed by atoms with Gasteiger partial charge in [-0.2, -0.15) is 0 Å². The number of halogens is 1. The van der Waals surface area contributed by atoms with Crippen LogP contribution in [0.25, 0.3) is 0 Å². The third kappa shape index (κ3) is 4.37. The fraction of sp³-hybridized carbons (Fsp3) is 0.600. The van der Waals surface area contributed by atoms with Gasteiger partial charge in [0.25, 0.3) is 0 Å². The highest BCUT2D eigenvalue weighted by Gasteiger charge is 2.25. The van der Waals surface area contributed by atoms with Crippen molar-refractivity contribution in [3.8, 4) is 5.75 Å². The first kappa shape index (κ1) is 14.6. The summed E-state index contributed by atoms with van der Waals surface area (Å²) in [5, 5.41) is 4.02. The van der Waals surface area contributed by atoms with Crippen LogP contribution in [0, 0.1) is 6.92 Å². The molecule has 1 aromatic rings. The third-order valence-corrected chi connectivity index (χ3v) is 3.63. The van der Waals surface area contributed by atoms with Gasteiger partial charge in [0, 0.05) is 11.6 Å². The van der Waals surface area contributed by atoms with Crippen molar-refractivity contribution in [3.05, 3.63) is 28.8 Å². The minimum absolute atomic E-state index is 0.196. The number of hydrogen-bond acceptors (Lipinski definition) is 3. The molecule has 2 atom stereocenters. The highest BCUT2D eigenvalue weighted by atomic mass is 35.5. The van der Waals surface area contributed by atoms with E-state index >= 15 is 0 Å². The van der Waals surface area contributed by atoms with E-state index in [2.05, 4.69) is 12.2 Å². The van der Waals surface area contributed by atoms with Crippen LogP contribution in [-0.2, 0) is 4.74 Å². The Balaban J connectivity index is 1.78. The number of rotatable bonds is 6. The minimum Gasteiger partial charge on any atom is -0.491 e. The fourth-order valence-corrected chi connectivity index (χ4v) is 2.43. The molecule has 0 saturated carbocycles. The zero-order chi connectivity index (χ0) is 13.7. The molecular formula is C15H22ClNO2. The number of hydrogen-bond donors (Lipinski definition) is 1. The molecule has 0 aliphatic carbocycles. The zero-order valence-corrected chi connectivity index (χ0v) is 12.4. The van der Waals surface area contributed by atoms with Gasteiger partial charge in [-0.1, -0.05) is 24.6 Å². The lowest BCUT2D eigenvalue weighted by Gasteiger charge is -2.16. The van der Waals surface area contributed by atoms with Gasteiger partial charge in [0.1, 0.15) is 12.4 Å². The van der Waals surface area contributed by atoms with Crippen LogP contribution in [0.15, 0.2) is 18.2 Å². The minimum atomic E-state index is 0.196. The fourth-order valence-electron chi connectivity index (χ4n) is 2.27. The van der Waals surface area contributed by atoms with E-state index in [1.807, 2.05) is 25.1 Å². The summed E-state index contributed by atoms with van der Waals surface area (Å²) in [6, 6.07) is 5.71. The molecule has 0 amide bonds. The monoisotopic (exact) mass is 283 g/mol. The van der Waals surface area contributed by atoms with Gasteiger partial charge in [-0.3, -0.25) is 0 Å². The molecule has 19 heavy (non-hydrogen) atoms. The third-order valence-electron chi connectivity index (χ3n) is 3.39. The van der Waals surface area contributed by atoms with E-state index in [1.165, 1.54) is 0 Å². The lowest BCUT2D eigenvalue weighted by Crippen LogP contribution is -2.28. The van der Waals surface area contributed by atoms with Crippen molar-refractivity contribution < 1.29 is 9.47 Å². The molecule has 106 valence electrons. The molecule has 1 saturated heterocycles. The van der Waals surface area contributed by atoms with E-state index in [1.54, 1.807) is 0 Å². The van der Waals surface area contributed by atoms with E-state index in [-0.39, 0.29) is 6.10 Å². The van der Waals surface area contributed by atoms with Gasteiger partial charge in [-0.15, -0.1) is 0 Å². The van der Waals surface area contributed by atoms with Crippen LogP contribution in [-0.4, -0.2) is 31.9 Å². The quantitative estimate of drug-likeness (QED) is 0.870. The predicted molar refractivity (Wildman–Crippen MR) is 78.1 cm³/mol. The van der Waals surface area contributed by atoms with E-state index < -0.39 is 0 Å². The standard InChI is InChI=1S/C15H22ClNO2/c1-3-17-9-13-6-7-14(19-13)10-18-15-8-12(16)5-4-11(15)2/h4-5,8,13-14,17H,3,6-7,9-10H2,1-2H3. The van der Waals surface area contributed by atoms with Crippen molar-refractivity contribution in [2.45, 2.75) is 38.9 Å². The van der Waals surface area contributed by atoms with Crippen molar-refractivity contribution in [2.75, 3.05) is 19.7 Å². The molecule has 3 nitrogen and oxygen atoms in total. The van der Waals surface area contributed by atoms with E-state index in [0.717, 1.165) is 37.2 Å². The first-order chi connectivity index (χ1) is 9.19. The Morgan fingerprint density at radius 3 is 2.95 bits per heavy atom. The molecule has 1 N–H and O–H groups in total. The van der Waals surface area contributed by atoms with Crippen molar-refractivity contribution in [2.24, 2.45) is 0 Å². The molecule has 2 unspecified atom stereocenters. The summed E-state index contributed by atoms with van der Waals surface area (Å²) in [6.07, 6.45) is 2.70. The molecule has 0 radical (unpaired) electrons. The van der Waals surface area contributed by atoms with Gasteiger partial charge in [0.2, 0.25) is 0 Å². The average Bonchev–Trinajstić information content (AvgIpc) is 2.85. The molecule has 0 bridgehead atoms. The summed E-state index contributed by atoms with van der Waals surface area (Å²) in [4.78, 5) is 0. The van der Waals surface area contributed by atoms with Crippen molar-refractivity contribution >= 4 is 11.6 Å². The highest BCUT2D eigenvalue weighted by Crippen LogP contribution is 2.25. The largest absolute Gasteiger partial charge is 0.491 e. The molecule has 2 rings (SSSR count). The first-order valence-corrected chi connectivity index (χ1v) is 7.32. The maximum Gasteiger partial charge on any atom is 0.123 e. The van der Waals surface area contributed by atoms with Crippen LogP contribution in [0.3, 0.4) is 0 Å². The lowest BCUT2D eigenvalue weighted by atomic mass is 10.2. The van der Waals surface area contributed by atoms with E-state index in [4.69, 9.17) is 21.1 Å². The number of ether oxygens (including phenoxy) is 2. The smallest absolute Gasteiger partial charge is 0.123 e. The number of aryl methyl sites for hydroxylation is 1. The lowest BCUT2D eigenvalue weighted by molar-refractivity contribution is 0.0187. The average molecular weight is 284 g/mol. The maximum atomic E-state index is 5.97. The molecule has 0 aromatic heterocycles. The zero-order valence-electron chi connectivity index (χ0n) is 11.6. The molecular weight excluding hydrogens is 262 g/mol. The second-order valence-electron chi connectivity index (χ2n) is 4.99. The van der Waals surface area contributed by atoms with Crippen LogP contribution in [0.1, 0.15) is 25.3 Å². The van der Waals surface area contributed by atoms with Crippen LogP contribution >= 0.6 is 11.6 Å². The molecule has 1 aliphatic heterocycles. The number of benzene rings is 1. The normalized spacial score (nSPS) is 22.7. The van der Waals surface area contributed by atoms with E-state index in [9.17, 15) is 0 Å². The summed E-state index contributed by atoms with van der Waals surface area (Å²) < 4.78 is 11.8. The predicted octanol–water partition coefficient (Wildman–Crippen LogP) is 3.18. The van der Waals surface area contributed by atoms with Crippen LogP contribution < -0.4 is 10.1 Å². The van der Waals surface area contributed by atoms with E-state index in [0.29, 0.717) is 17.7 Å². The second kappa shape index (κ2) is 7.13. The molecule has 1 heterocycles. The molecule has 1 aromatic carbocycles. The summed E-state index contributed by atoms with van der Waals surface area (Å²) in [7, 11) is 0. The SMILES string of the molecule is CCNCC1CCC(COc2cc(Cl)ccc2C)O1. The maximum absolute atomic E-state index is 5.97. The van der Waals surface area contributed by atoms with Crippen molar-refractivity contribution in [3.63, 3.8) is 0 Å². The van der Waals surface area contributed by atoms with Gasteiger partial charge in [0.15, 0.2) is 0 Å². The molecule has 1 aliphatic rings. The van der Waals surface area contributed by atoms with Crippen molar-refractivity contribution in [1.82, 2.24) is 5.32 Å². The molecule has 1 fully saturated rings. The molecule has 0 spiro atoms. The summed E-state index contributed by atoms with van der Waals surface area (Å²) >= 11 is 5.97. The van der Waals surface area contributed by atoms with Gasteiger partial charge in [-0.05, 0) is 44.0 Å². The van der Waals surface area contributed by atoms with Crippen LogP contribution in [0.5, 0.6) is 5.75 Å². The Kier molecular flexibility index (Phi) is 5.49. The van der Waals surface area contributed by atoms with Gasteiger partial charge in [-0.25, -0.2) is 0 Å². The van der Waals surface area contributed by atoms with Gasteiger partial charge < -0.3 is 14.8 Å². The Labute approximate surface area is 120 Å². The Morgan fingerprint density at radius 1 is 1.37 bits per heavy atom. The van der Waals surface area contributed by atoms with Gasteiger partial charge >= 0.3 is 0 Å². The summed E-state index contributed by atoms with van der Waals surface area (Å²) in [6.45, 7) is 6.66. The van der Waals surface area contributed by atoms with Crippen molar-refractivity contribution in [1.29, 1.82) is 0 Å². The summed E-state index contributed by atoms with van der Waals surface area (Å²) in [5.74, 6) is 0.853. The number of nitrogens with one attached hydrogen (secondary N) is 1. The molecule has 4 heteroatoms. The van der Waals surface area contributed by atoms with Crippen LogP contribution in [0.4, 0.5) is 0 Å². The Bertz CT molecular complexity index is 411. The van der Waals surface area contributed by atoms with Gasteiger partial charge in [0.05, 0.1) is 12.2 Å². The van der Waals surface area contributed by atoms with Crippen LogP contribution in [0.2, 0.25) is 5.02 Å². The summed E-state index contributed by atoms with van der Waals surface area (Å²) in [5.41, 5.74) is 1.10. The first-order valence-electron chi connectivity index (χ1n) is 6.94. The Hall–Kier alpha value is -0.770. The number of likely N-dealkylation sites (N-methyl/N-ethyl adjacent to an activating group) is 1. The topological polar surface area (TPSA) is 30.5 Å². The second-order valence-corrected chi connectivity index (χ2v) is 5.42. The highest BCUT2D eigenvalue weighted by molar-refractivity contribution is 6.30.